The molecule has 0 aliphatic heterocycles. The summed E-state index contributed by atoms with van der Waals surface area (Å²) in [6.07, 6.45) is 5.07. The number of H-pyrrole nitrogens is 1. The number of hydrogen-bond acceptors (Lipinski definition) is 5. The fraction of sp³-hybridized carbons (Fsp3) is 0.273. The number of rotatable bonds is 4. The molecule has 0 fully saturated rings. The summed E-state index contributed by atoms with van der Waals surface area (Å²) in [7, 11) is 0. The van der Waals surface area contributed by atoms with Crippen LogP contribution in [0.15, 0.2) is 39.6 Å². The smallest absolute Gasteiger partial charge is 0.251 e. The third-order valence-corrected chi connectivity index (χ3v) is 2.79. The largest absolute Gasteiger partial charge is 0.301 e. The molecule has 0 saturated carbocycles. The highest BCUT2D eigenvalue weighted by Crippen LogP contribution is 2.18. The van der Waals surface area contributed by atoms with Crippen molar-refractivity contribution in [3.05, 3.63) is 40.6 Å². The zero-order valence-electron chi connectivity index (χ0n) is 9.38. The van der Waals surface area contributed by atoms with Crippen molar-refractivity contribution >= 4 is 11.8 Å². The van der Waals surface area contributed by atoms with E-state index in [-0.39, 0.29) is 5.56 Å². The second-order valence-electron chi connectivity index (χ2n) is 3.43. The van der Waals surface area contributed by atoms with Crippen molar-refractivity contribution in [3.63, 3.8) is 0 Å². The van der Waals surface area contributed by atoms with Crippen molar-refractivity contribution in [2.75, 3.05) is 0 Å². The van der Waals surface area contributed by atoms with E-state index in [1.54, 1.807) is 18.5 Å². The van der Waals surface area contributed by atoms with Crippen LogP contribution in [-0.2, 0) is 6.42 Å². The molecule has 2 rings (SSSR count). The maximum absolute atomic E-state index is 11.4. The Labute approximate surface area is 103 Å². The first kappa shape index (κ1) is 11.8. The van der Waals surface area contributed by atoms with Gasteiger partial charge in [0.15, 0.2) is 10.3 Å². The molecule has 5 nitrogen and oxygen atoms in total. The Kier molecular flexibility index (Phi) is 3.87. The molecule has 0 saturated heterocycles. The van der Waals surface area contributed by atoms with Crippen LogP contribution in [0.4, 0.5) is 0 Å². The Bertz CT molecular complexity index is 541. The Morgan fingerprint density at radius 3 is 2.82 bits per heavy atom. The van der Waals surface area contributed by atoms with Crippen LogP contribution < -0.4 is 5.56 Å². The summed E-state index contributed by atoms with van der Waals surface area (Å²) in [5, 5.41) is 1.11. The number of aryl methyl sites for hydroxylation is 1. The van der Waals surface area contributed by atoms with Crippen molar-refractivity contribution < 1.29 is 0 Å². The zero-order valence-corrected chi connectivity index (χ0v) is 10.2. The lowest BCUT2D eigenvalue weighted by atomic mass is 10.2. The van der Waals surface area contributed by atoms with Crippen LogP contribution in [0.3, 0.4) is 0 Å². The Morgan fingerprint density at radius 2 is 2.12 bits per heavy atom. The lowest BCUT2D eigenvalue weighted by molar-refractivity contribution is 0.812. The SMILES string of the molecule is CCCc1cc(=O)[nH]c(Sc2ncccn2)n1. The van der Waals surface area contributed by atoms with Gasteiger partial charge in [-0.25, -0.2) is 15.0 Å². The van der Waals surface area contributed by atoms with E-state index in [4.69, 9.17) is 0 Å². The quantitative estimate of drug-likeness (QED) is 0.833. The van der Waals surface area contributed by atoms with Crippen molar-refractivity contribution in [1.29, 1.82) is 0 Å². The Morgan fingerprint density at radius 1 is 1.35 bits per heavy atom. The van der Waals surface area contributed by atoms with Crippen LogP contribution in [-0.4, -0.2) is 19.9 Å². The molecule has 0 spiro atoms. The van der Waals surface area contributed by atoms with Gasteiger partial charge in [-0.3, -0.25) is 4.79 Å². The van der Waals surface area contributed by atoms with Crippen LogP contribution in [0.1, 0.15) is 19.0 Å². The van der Waals surface area contributed by atoms with Crippen LogP contribution in [0.2, 0.25) is 0 Å². The van der Waals surface area contributed by atoms with E-state index >= 15 is 0 Å². The molecule has 88 valence electrons. The summed E-state index contributed by atoms with van der Waals surface area (Å²) in [6, 6.07) is 3.27. The molecule has 0 radical (unpaired) electrons. The number of aromatic amines is 1. The van der Waals surface area contributed by atoms with Crippen LogP contribution in [0, 0.1) is 0 Å². The summed E-state index contributed by atoms with van der Waals surface area (Å²) >= 11 is 1.25. The lowest BCUT2D eigenvalue weighted by Crippen LogP contribution is -2.10. The van der Waals surface area contributed by atoms with Crippen LogP contribution in [0.5, 0.6) is 0 Å². The van der Waals surface area contributed by atoms with Crippen molar-refractivity contribution in [1.82, 2.24) is 19.9 Å². The molecule has 0 bridgehead atoms. The summed E-state index contributed by atoms with van der Waals surface area (Å²) in [5.74, 6) is 0. The van der Waals surface area contributed by atoms with Crippen molar-refractivity contribution in [3.8, 4) is 0 Å². The molecule has 1 N–H and O–H groups in total. The van der Waals surface area contributed by atoms with E-state index in [2.05, 4.69) is 26.9 Å². The number of aromatic nitrogens is 4. The molecule has 17 heavy (non-hydrogen) atoms. The molecular weight excluding hydrogens is 236 g/mol. The molecule has 2 heterocycles. The van der Waals surface area contributed by atoms with Gasteiger partial charge in [0.05, 0.1) is 0 Å². The topological polar surface area (TPSA) is 71.5 Å². The maximum Gasteiger partial charge on any atom is 0.251 e. The summed E-state index contributed by atoms with van der Waals surface area (Å²) in [5.41, 5.74) is 0.663. The molecule has 2 aromatic heterocycles. The number of nitrogens with zero attached hydrogens (tertiary/aromatic N) is 3. The zero-order chi connectivity index (χ0) is 12.1. The van der Waals surface area contributed by atoms with Crippen molar-refractivity contribution in [2.24, 2.45) is 0 Å². The highest BCUT2D eigenvalue weighted by atomic mass is 32.2. The van der Waals surface area contributed by atoms with E-state index in [1.165, 1.54) is 17.8 Å². The first-order valence-electron chi connectivity index (χ1n) is 5.33. The van der Waals surface area contributed by atoms with E-state index in [0.717, 1.165) is 18.5 Å². The van der Waals surface area contributed by atoms with Crippen LogP contribution in [0.25, 0.3) is 0 Å². The molecule has 0 amide bonds. The summed E-state index contributed by atoms with van der Waals surface area (Å²) < 4.78 is 0. The van der Waals surface area contributed by atoms with Crippen LogP contribution >= 0.6 is 11.8 Å². The van der Waals surface area contributed by atoms with Gasteiger partial charge in [0, 0.05) is 24.2 Å². The van der Waals surface area contributed by atoms with Gasteiger partial charge in [-0.1, -0.05) is 13.3 Å². The lowest BCUT2D eigenvalue weighted by Gasteiger charge is -2.01. The fourth-order valence-electron chi connectivity index (χ4n) is 1.34. The highest BCUT2D eigenvalue weighted by Gasteiger charge is 2.04. The van der Waals surface area contributed by atoms with Gasteiger partial charge in [0.25, 0.3) is 5.56 Å². The minimum atomic E-state index is -0.137. The standard InChI is InChI=1S/C11H12N4OS/c1-2-4-8-7-9(16)15-11(14-8)17-10-12-5-3-6-13-10/h3,5-7H,2,4H2,1H3,(H,14,15,16). The highest BCUT2D eigenvalue weighted by molar-refractivity contribution is 7.99. The van der Waals surface area contributed by atoms with Gasteiger partial charge in [-0.05, 0) is 24.2 Å². The third kappa shape index (κ3) is 3.39. The Balaban J connectivity index is 2.24. The summed E-state index contributed by atoms with van der Waals surface area (Å²) in [4.78, 5) is 26.6. The van der Waals surface area contributed by atoms with E-state index in [1.807, 2.05) is 0 Å². The molecule has 2 aromatic rings. The van der Waals surface area contributed by atoms with E-state index in [0.29, 0.717) is 10.3 Å². The molecule has 6 heteroatoms. The molecular formula is C11H12N4OS. The average Bonchev–Trinajstić information content (AvgIpc) is 2.30. The van der Waals surface area contributed by atoms with E-state index < -0.39 is 0 Å². The summed E-state index contributed by atoms with van der Waals surface area (Å²) in [6.45, 7) is 2.05. The van der Waals surface area contributed by atoms with Crippen molar-refractivity contribution in [2.45, 2.75) is 30.1 Å². The van der Waals surface area contributed by atoms with Gasteiger partial charge in [-0.15, -0.1) is 0 Å². The molecule has 0 atom stereocenters. The molecule has 0 aromatic carbocycles. The average molecular weight is 248 g/mol. The maximum atomic E-state index is 11.4. The fourth-order valence-corrected chi connectivity index (χ4v) is 2.06. The van der Waals surface area contributed by atoms with Gasteiger partial charge in [-0.2, -0.15) is 0 Å². The Hall–Kier alpha value is -1.69. The second kappa shape index (κ2) is 5.58. The predicted molar refractivity (Wildman–Crippen MR) is 65.0 cm³/mol. The van der Waals surface area contributed by atoms with Gasteiger partial charge in [0.2, 0.25) is 0 Å². The second-order valence-corrected chi connectivity index (χ2v) is 4.38. The molecule has 0 unspecified atom stereocenters. The first-order valence-corrected chi connectivity index (χ1v) is 6.14. The normalized spacial score (nSPS) is 10.4. The predicted octanol–water partition coefficient (Wildman–Crippen LogP) is 1.66. The molecule has 0 aliphatic carbocycles. The third-order valence-electron chi connectivity index (χ3n) is 2.01. The van der Waals surface area contributed by atoms with Gasteiger partial charge >= 0.3 is 0 Å². The number of hydrogen-bond donors (Lipinski definition) is 1. The number of nitrogens with one attached hydrogen (secondary N) is 1. The molecule has 0 aliphatic rings. The minimum Gasteiger partial charge on any atom is -0.301 e. The first-order chi connectivity index (χ1) is 8.28. The monoisotopic (exact) mass is 248 g/mol. The van der Waals surface area contributed by atoms with E-state index in [9.17, 15) is 4.79 Å². The van der Waals surface area contributed by atoms with Gasteiger partial charge in [0.1, 0.15) is 0 Å². The van der Waals surface area contributed by atoms with Gasteiger partial charge < -0.3 is 4.98 Å². The minimum absolute atomic E-state index is 0.137.